The van der Waals surface area contributed by atoms with Gasteiger partial charge in [-0.1, -0.05) is 12.1 Å². The van der Waals surface area contributed by atoms with E-state index < -0.39 is 0 Å². The molecule has 0 saturated heterocycles. The van der Waals surface area contributed by atoms with Crippen molar-refractivity contribution < 1.29 is 4.39 Å². The zero-order valence-corrected chi connectivity index (χ0v) is 13.3. The Morgan fingerprint density at radius 1 is 1.12 bits per heavy atom. The Morgan fingerprint density at radius 3 is 2.60 bits per heavy atom. The zero-order valence-electron chi connectivity index (χ0n) is 13.3. The van der Waals surface area contributed by atoms with Crippen LogP contribution >= 0.6 is 0 Å². The van der Waals surface area contributed by atoms with Crippen LogP contribution in [0.5, 0.6) is 0 Å². The number of nitrogens with zero attached hydrogens (tertiary/aromatic N) is 6. The highest BCUT2D eigenvalue weighted by molar-refractivity contribution is 5.83. The third-order valence-electron chi connectivity index (χ3n) is 4.51. The highest BCUT2D eigenvalue weighted by Gasteiger charge is 2.26. The van der Waals surface area contributed by atoms with E-state index in [1.165, 1.54) is 16.6 Å². The molecule has 5 rings (SSSR count). The van der Waals surface area contributed by atoms with Gasteiger partial charge in [0.25, 0.3) is 5.56 Å². The number of aromatic nitrogens is 6. The minimum Gasteiger partial charge on any atom is -0.294 e. The van der Waals surface area contributed by atoms with Crippen molar-refractivity contribution in [3.8, 4) is 11.1 Å². The molecule has 4 aromatic rings. The van der Waals surface area contributed by atoms with Gasteiger partial charge in [-0.2, -0.15) is 9.61 Å². The molecule has 0 amide bonds. The predicted octanol–water partition coefficient (Wildman–Crippen LogP) is 2.28. The first kappa shape index (κ1) is 14.2. The van der Waals surface area contributed by atoms with Gasteiger partial charge in [0, 0.05) is 6.04 Å². The number of aryl methyl sites for hydroxylation is 1. The predicted molar refractivity (Wildman–Crippen MR) is 88.7 cm³/mol. The molecule has 124 valence electrons. The third-order valence-corrected chi connectivity index (χ3v) is 4.51. The van der Waals surface area contributed by atoms with E-state index in [4.69, 9.17) is 0 Å². The van der Waals surface area contributed by atoms with Gasteiger partial charge >= 0.3 is 0 Å². The van der Waals surface area contributed by atoms with Gasteiger partial charge in [-0.3, -0.25) is 9.36 Å². The number of benzene rings is 1. The topological polar surface area (TPSA) is 78.0 Å². The maximum absolute atomic E-state index is 13.2. The molecular weight excluding hydrogens is 323 g/mol. The highest BCUT2D eigenvalue weighted by atomic mass is 19.1. The lowest BCUT2D eigenvalue weighted by Crippen LogP contribution is -2.22. The molecule has 3 heterocycles. The Bertz CT molecular complexity index is 1190. The van der Waals surface area contributed by atoms with E-state index in [-0.39, 0.29) is 22.9 Å². The van der Waals surface area contributed by atoms with Gasteiger partial charge in [0.05, 0.1) is 11.3 Å². The summed E-state index contributed by atoms with van der Waals surface area (Å²) in [6.45, 7) is 1.84. The van der Waals surface area contributed by atoms with E-state index in [9.17, 15) is 9.18 Å². The van der Waals surface area contributed by atoms with Gasteiger partial charge in [-0.25, -0.2) is 9.37 Å². The molecule has 0 spiro atoms. The van der Waals surface area contributed by atoms with Crippen LogP contribution in [0.25, 0.3) is 27.9 Å². The Morgan fingerprint density at radius 2 is 1.88 bits per heavy atom. The van der Waals surface area contributed by atoms with Crippen molar-refractivity contribution in [3.63, 3.8) is 0 Å². The van der Waals surface area contributed by atoms with E-state index in [1.54, 1.807) is 23.0 Å². The Hall–Kier alpha value is -3.16. The van der Waals surface area contributed by atoms with Gasteiger partial charge in [0.15, 0.2) is 16.8 Å². The maximum Gasteiger partial charge on any atom is 0.283 e. The van der Waals surface area contributed by atoms with E-state index in [0.717, 1.165) is 24.0 Å². The number of hydrogen-bond acceptors (Lipinski definition) is 5. The van der Waals surface area contributed by atoms with E-state index in [2.05, 4.69) is 20.3 Å². The van der Waals surface area contributed by atoms with E-state index >= 15 is 0 Å². The number of rotatable bonds is 2. The van der Waals surface area contributed by atoms with Crippen LogP contribution < -0.4 is 5.56 Å². The van der Waals surface area contributed by atoms with Crippen LogP contribution in [0.15, 0.2) is 35.4 Å². The monoisotopic (exact) mass is 336 g/mol. The van der Waals surface area contributed by atoms with Crippen molar-refractivity contribution >= 4 is 16.8 Å². The van der Waals surface area contributed by atoms with Crippen LogP contribution in [-0.2, 0) is 0 Å². The molecule has 0 bridgehead atoms. The fourth-order valence-electron chi connectivity index (χ4n) is 3.11. The molecule has 0 N–H and O–H groups in total. The summed E-state index contributed by atoms with van der Waals surface area (Å²) in [4.78, 5) is 17.0. The summed E-state index contributed by atoms with van der Waals surface area (Å²) in [5, 5.41) is 12.8. The summed E-state index contributed by atoms with van der Waals surface area (Å²) in [6.07, 6.45) is 3.52. The quantitative estimate of drug-likeness (QED) is 0.561. The highest BCUT2D eigenvalue weighted by Crippen LogP contribution is 2.33. The third kappa shape index (κ3) is 2.07. The number of hydrogen-bond donors (Lipinski definition) is 0. The fraction of sp³-hybridized carbons (Fsp3) is 0.235. The molecule has 0 unspecified atom stereocenters. The minimum absolute atomic E-state index is 0.196. The molecule has 8 heteroatoms. The van der Waals surface area contributed by atoms with Crippen molar-refractivity contribution in [3.05, 3.63) is 52.5 Å². The van der Waals surface area contributed by atoms with E-state index in [0.29, 0.717) is 17.0 Å². The number of fused-ring (bicyclic) bond motifs is 3. The van der Waals surface area contributed by atoms with E-state index in [1.807, 2.05) is 6.92 Å². The smallest absolute Gasteiger partial charge is 0.283 e. The second kappa shape index (κ2) is 4.92. The minimum atomic E-state index is -0.309. The summed E-state index contributed by atoms with van der Waals surface area (Å²) in [5.41, 5.74) is 3.13. The average Bonchev–Trinajstić information content (AvgIpc) is 3.38. The summed E-state index contributed by atoms with van der Waals surface area (Å²) in [7, 11) is 0. The van der Waals surface area contributed by atoms with Crippen LogP contribution in [0.4, 0.5) is 4.39 Å². The van der Waals surface area contributed by atoms with Crippen molar-refractivity contribution in [1.82, 2.24) is 29.4 Å². The summed E-state index contributed by atoms with van der Waals surface area (Å²) in [5.74, 6) is -0.309. The van der Waals surface area contributed by atoms with Crippen LogP contribution in [0.1, 0.15) is 24.6 Å². The van der Waals surface area contributed by atoms with Crippen LogP contribution in [0.2, 0.25) is 0 Å². The summed E-state index contributed by atoms with van der Waals surface area (Å²) in [6, 6.07) is 6.34. The van der Waals surface area contributed by atoms with Crippen LogP contribution in [0, 0.1) is 12.7 Å². The first-order valence-corrected chi connectivity index (χ1v) is 8.02. The lowest BCUT2D eigenvalue weighted by Gasteiger charge is -2.04. The molecular formula is C17H13FN6O. The van der Waals surface area contributed by atoms with Crippen LogP contribution in [-0.4, -0.2) is 29.4 Å². The normalized spacial score (nSPS) is 14.5. The van der Waals surface area contributed by atoms with Gasteiger partial charge in [-0.15, -0.1) is 10.2 Å². The Balaban J connectivity index is 1.80. The molecule has 1 aliphatic rings. The molecule has 1 saturated carbocycles. The molecule has 1 aromatic carbocycles. The van der Waals surface area contributed by atoms with Gasteiger partial charge in [0.1, 0.15) is 12.1 Å². The van der Waals surface area contributed by atoms with Gasteiger partial charge < -0.3 is 0 Å². The lowest BCUT2D eigenvalue weighted by atomic mass is 10.1. The second-order valence-corrected chi connectivity index (χ2v) is 6.26. The fourth-order valence-corrected chi connectivity index (χ4v) is 3.11. The Kier molecular flexibility index (Phi) is 2.79. The molecule has 0 atom stereocenters. The second-order valence-electron chi connectivity index (χ2n) is 6.26. The molecule has 7 nitrogen and oxygen atoms in total. The largest absolute Gasteiger partial charge is 0.294 e. The average molecular weight is 336 g/mol. The van der Waals surface area contributed by atoms with Crippen molar-refractivity contribution in [1.29, 1.82) is 0 Å². The molecule has 1 fully saturated rings. The molecule has 0 aliphatic heterocycles. The summed E-state index contributed by atoms with van der Waals surface area (Å²) >= 11 is 0. The van der Waals surface area contributed by atoms with Gasteiger partial charge in [0.2, 0.25) is 0 Å². The first-order chi connectivity index (χ1) is 12.1. The molecule has 25 heavy (non-hydrogen) atoms. The molecule has 1 aliphatic carbocycles. The van der Waals surface area contributed by atoms with Crippen LogP contribution in [0.3, 0.4) is 0 Å². The lowest BCUT2D eigenvalue weighted by molar-refractivity contribution is 0.628. The van der Waals surface area contributed by atoms with Crippen molar-refractivity contribution in [2.24, 2.45) is 0 Å². The maximum atomic E-state index is 13.2. The molecule has 0 radical (unpaired) electrons. The first-order valence-electron chi connectivity index (χ1n) is 8.02. The zero-order chi connectivity index (χ0) is 17.1. The summed E-state index contributed by atoms with van der Waals surface area (Å²) < 4.78 is 16.4. The Labute approximate surface area is 140 Å². The standard InChI is InChI=1S/C17H13FN6O/c1-9-13(10-2-4-11(18)5-3-10)15-21-20-14-16(24(15)22-9)19-8-23(17(14)25)12-6-7-12/h2-5,8,12H,6-7H2,1H3. The molecule has 3 aromatic heterocycles. The van der Waals surface area contributed by atoms with Crippen molar-refractivity contribution in [2.75, 3.05) is 0 Å². The SMILES string of the molecule is Cc1nn2c(nnc3c(=O)n(C4CC4)cnc32)c1-c1ccc(F)cc1. The van der Waals surface area contributed by atoms with Crippen molar-refractivity contribution in [2.45, 2.75) is 25.8 Å². The van der Waals surface area contributed by atoms with Gasteiger partial charge in [-0.05, 0) is 37.5 Å². The number of halogens is 1.